The lowest BCUT2D eigenvalue weighted by molar-refractivity contribution is 0.280. The third-order valence-corrected chi connectivity index (χ3v) is 4.13. The van der Waals surface area contributed by atoms with Gasteiger partial charge in [0.2, 0.25) is 0 Å². The number of hydrogen-bond donors (Lipinski definition) is 1. The largest absolute Gasteiger partial charge is 0.312 e. The van der Waals surface area contributed by atoms with Crippen LogP contribution in [0.3, 0.4) is 0 Å². The van der Waals surface area contributed by atoms with Crippen molar-refractivity contribution in [3.05, 3.63) is 48.0 Å². The van der Waals surface area contributed by atoms with Gasteiger partial charge in [0.15, 0.2) is 0 Å². The molecule has 0 spiro atoms. The average molecular weight is 284 g/mol. The maximum absolute atomic E-state index is 3.49. The molecule has 2 aromatic rings. The highest BCUT2D eigenvalue weighted by molar-refractivity contribution is 5.86. The van der Waals surface area contributed by atoms with Crippen LogP contribution in [0.2, 0.25) is 0 Å². The van der Waals surface area contributed by atoms with Crippen LogP contribution in [0.15, 0.2) is 42.5 Å². The summed E-state index contributed by atoms with van der Waals surface area (Å²) in [6.07, 6.45) is 1.25. The van der Waals surface area contributed by atoms with Gasteiger partial charge in [0.25, 0.3) is 0 Å². The standard InChI is InChI=1S/C19H28N2/c1-15(2)12-13-21(4)14-19(20-3)18-11-7-9-16-8-5-6-10-17(16)18/h5-11,15,19-20H,12-14H2,1-4H3. The molecule has 21 heavy (non-hydrogen) atoms. The highest BCUT2D eigenvalue weighted by Crippen LogP contribution is 2.24. The SMILES string of the molecule is CNC(CN(C)CCC(C)C)c1cccc2ccccc12. The van der Waals surface area contributed by atoms with Crippen LogP contribution in [0.25, 0.3) is 10.8 Å². The van der Waals surface area contributed by atoms with E-state index in [2.05, 4.69) is 80.6 Å². The molecule has 0 aliphatic carbocycles. The normalized spacial score (nSPS) is 13.2. The molecule has 0 fully saturated rings. The van der Waals surface area contributed by atoms with Gasteiger partial charge in [0.1, 0.15) is 0 Å². The molecular weight excluding hydrogens is 256 g/mol. The molecule has 0 saturated carbocycles. The smallest absolute Gasteiger partial charge is 0.0452 e. The Morgan fingerprint density at radius 2 is 1.76 bits per heavy atom. The van der Waals surface area contributed by atoms with E-state index in [1.807, 2.05) is 0 Å². The van der Waals surface area contributed by atoms with Gasteiger partial charge in [-0.1, -0.05) is 56.3 Å². The molecule has 0 aliphatic heterocycles. The molecule has 1 unspecified atom stereocenters. The number of nitrogens with one attached hydrogen (secondary N) is 1. The van der Waals surface area contributed by atoms with Crippen molar-refractivity contribution in [3.63, 3.8) is 0 Å². The molecule has 0 heterocycles. The Kier molecular flexibility index (Phi) is 5.77. The van der Waals surface area contributed by atoms with Crippen molar-refractivity contribution < 1.29 is 0 Å². The van der Waals surface area contributed by atoms with Gasteiger partial charge in [-0.05, 0) is 49.3 Å². The number of rotatable bonds is 7. The maximum Gasteiger partial charge on any atom is 0.0452 e. The zero-order chi connectivity index (χ0) is 15.2. The van der Waals surface area contributed by atoms with Crippen LogP contribution in [0.5, 0.6) is 0 Å². The lowest BCUT2D eigenvalue weighted by Gasteiger charge is -2.25. The highest BCUT2D eigenvalue weighted by Gasteiger charge is 2.14. The number of nitrogens with zero attached hydrogens (tertiary/aromatic N) is 1. The zero-order valence-electron chi connectivity index (χ0n) is 13.8. The summed E-state index contributed by atoms with van der Waals surface area (Å²) < 4.78 is 0. The van der Waals surface area contributed by atoms with Crippen LogP contribution in [-0.2, 0) is 0 Å². The molecule has 2 nitrogen and oxygen atoms in total. The topological polar surface area (TPSA) is 15.3 Å². The van der Waals surface area contributed by atoms with E-state index in [4.69, 9.17) is 0 Å². The number of likely N-dealkylation sites (N-methyl/N-ethyl adjacent to an activating group) is 2. The van der Waals surface area contributed by atoms with Crippen molar-refractivity contribution in [2.75, 3.05) is 27.2 Å². The fraction of sp³-hybridized carbons (Fsp3) is 0.474. The molecular formula is C19H28N2. The lowest BCUT2D eigenvalue weighted by Crippen LogP contribution is -2.32. The van der Waals surface area contributed by atoms with E-state index >= 15 is 0 Å². The molecule has 2 heteroatoms. The zero-order valence-corrected chi connectivity index (χ0v) is 13.8. The monoisotopic (exact) mass is 284 g/mol. The van der Waals surface area contributed by atoms with E-state index in [1.165, 1.54) is 22.8 Å². The first-order valence-corrected chi connectivity index (χ1v) is 7.95. The minimum atomic E-state index is 0.369. The van der Waals surface area contributed by atoms with Crippen LogP contribution in [0.4, 0.5) is 0 Å². The molecule has 1 atom stereocenters. The van der Waals surface area contributed by atoms with Crippen LogP contribution < -0.4 is 5.32 Å². The van der Waals surface area contributed by atoms with Crippen LogP contribution in [-0.4, -0.2) is 32.1 Å². The fourth-order valence-corrected chi connectivity index (χ4v) is 2.78. The Bertz CT molecular complexity index is 557. The second-order valence-electron chi connectivity index (χ2n) is 6.35. The van der Waals surface area contributed by atoms with Crippen LogP contribution >= 0.6 is 0 Å². The number of fused-ring (bicyclic) bond motifs is 1. The average Bonchev–Trinajstić information content (AvgIpc) is 2.50. The van der Waals surface area contributed by atoms with Gasteiger partial charge in [0.05, 0.1) is 0 Å². The van der Waals surface area contributed by atoms with Gasteiger partial charge in [-0.25, -0.2) is 0 Å². The number of benzene rings is 2. The predicted octanol–water partition coefficient (Wildman–Crippen LogP) is 4.08. The first kappa shape index (κ1) is 16.0. The van der Waals surface area contributed by atoms with E-state index < -0.39 is 0 Å². The first-order chi connectivity index (χ1) is 10.1. The predicted molar refractivity (Wildman–Crippen MR) is 92.7 cm³/mol. The van der Waals surface area contributed by atoms with Crippen LogP contribution in [0.1, 0.15) is 31.9 Å². The minimum Gasteiger partial charge on any atom is -0.312 e. The fourth-order valence-electron chi connectivity index (χ4n) is 2.78. The summed E-state index contributed by atoms with van der Waals surface area (Å²) in [6.45, 7) is 6.76. The molecule has 0 radical (unpaired) electrons. The summed E-state index contributed by atoms with van der Waals surface area (Å²) in [7, 11) is 4.28. The summed E-state index contributed by atoms with van der Waals surface area (Å²) in [5.41, 5.74) is 1.40. The molecule has 1 N–H and O–H groups in total. The van der Waals surface area contributed by atoms with Crippen molar-refractivity contribution >= 4 is 10.8 Å². The molecule has 2 aromatic carbocycles. The summed E-state index contributed by atoms with van der Waals surface area (Å²) in [5.74, 6) is 0.762. The summed E-state index contributed by atoms with van der Waals surface area (Å²) >= 11 is 0. The van der Waals surface area contributed by atoms with E-state index in [1.54, 1.807) is 0 Å². The van der Waals surface area contributed by atoms with E-state index in [0.717, 1.165) is 19.0 Å². The van der Waals surface area contributed by atoms with Gasteiger partial charge >= 0.3 is 0 Å². The third-order valence-electron chi connectivity index (χ3n) is 4.13. The second-order valence-corrected chi connectivity index (χ2v) is 6.35. The Morgan fingerprint density at radius 1 is 1.05 bits per heavy atom. The Balaban J connectivity index is 2.16. The van der Waals surface area contributed by atoms with Crippen molar-refractivity contribution in [2.24, 2.45) is 5.92 Å². The van der Waals surface area contributed by atoms with Crippen molar-refractivity contribution in [1.82, 2.24) is 10.2 Å². The Morgan fingerprint density at radius 3 is 2.48 bits per heavy atom. The third kappa shape index (κ3) is 4.29. The quantitative estimate of drug-likeness (QED) is 0.824. The number of hydrogen-bond acceptors (Lipinski definition) is 2. The lowest BCUT2D eigenvalue weighted by atomic mass is 9.98. The van der Waals surface area contributed by atoms with Gasteiger partial charge in [-0.2, -0.15) is 0 Å². The van der Waals surface area contributed by atoms with Crippen molar-refractivity contribution in [2.45, 2.75) is 26.3 Å². The van der Waals surface area contributed by atoms with Crippen molar-refractivity contribution in [3.8, 4) is 0 Å². The van der Waals surface area contributed by atoms with Crippen LogP contribution in [0, 0.1) is 5.92 Å². The molecule has 0 aromatic heterocycles. The second kappa shape index (κ2) is 7.58. The van der Waals surface area contributed by atoms with E-state index in [9.17, 15) is 0 Å². The first-order valence-electron chi connectivity index (χ1n) is 7.95. The summed E-state index contributed by atoms with van der Waals surface area (Å²) in [6, 6.07) is 15.6. The molecule has 0 bridgehead atoms. The van der Waals surface area contributed by atoms with E-state index in [-0.39, 0.29) is 0 Å². The summed E-state index contributed by atoms with van der Waals surface area (Å²) in [4.78, 5) is 2.43. The highest BCUT2D eigenvalue weighted by atomic mass is 15.1. The van der Waals surface area contributed by atoms with E-state index in [0.29, 0.717) is 6.04 Å². The van der Waals surface area contributed by atoms with Gasteiger partial charge in [-0.3, -0.25) is 0 Å². The van der Waals surface area contributed by atoms with Gasteiger partial charge in [-0.15, -0.1) is 0 Å². The Hall–Kier alpha value is -1.38. The molecule has 0 saturated heterocycles. The van der Waals surface area contributed by atoms with Crippen molar-refractivity contribution in [1.29, 1.82) is 0 Å². The molecule has 0 aliphatic rings. The molecule has 2 rings (SSSR count). The Labute approximate surface area is 129 Å². The van der Waals surface area contributed by atoms with Gasteiger partial charge in [0, 0.05) is 12.6 Å². The molecule has 0 amide bonds. The minimum absolute atomic E-state index is 0.369. The van der Waals surface area contributed by atoms with Gasteiger partial charge < -0.3 is 10.2 Å². The maximum atomic E-state index is 3.49. The molecule has 114 valence electrons. The summed E-state index contributed by atoms with van der Waals surface area (Å²) in [5, 5.41) is 6.16.